The van der Waals surface area contributed by atoms with Crippen LogP contribution in [0.5, 0.6) is 11.5 Å². The Bertz CT molecular complexity index is 408. The van der Waals surface area contributed by atoms with Gasteiger partial charge in [0.25, 0.3) is 0 Å². The fourth-order valence-corrected chi connectivity index (χ4v) is 2.62. The van der Waals surface area contributed by atoms with E-state index in [0.717, 1.165) is 44.2 Å². The van der Waals surface area contributed by atoms with Crippen molar-refractivity contribution in [1.82, 2.24) is 5.32 Å². The first kappa shape index (κ1) is 10.7. The van der Waals surface area contributed by atoms with E-state index in [0.29, 0.717) is 6.04 Å². The number of ether oxygens (including phenoxy) is 2. The molecule has 92 valence electrons. The van der Waals surface area contributed by atoms with Crippen LogP contribution < -0.4 is 19.7 Å². The molecule has 2 aliphatic rings. The summed E-state index contributed by atoms with van der Waals surface area (Å²) < 4.78 is 11.1. The predicted molar refractivity (Wildman–Crippen MR) is 67.1 cm³/mol. The van der Waals surface area contributed by atoms with Gasteiger partial charge in [-0.05, 0) is 12.1 Å². The highest BCUT2D eigenvalue weighted by molar-refractivity contribution is 5.62. The number of piperazine rings is 1. The highest BCUT2D eigenvalue weighted by Crippen LogP contribution is 2.36. The van der Waals surface area contributed by atoms with Crippen LogP contribution in [0.25, 0.3) is 0 Å². The quantitative estimate of drug-likeness (QED) is 0.793. The molecule has 1 aromatic carbocycles. The number of nitrogens with one attached hydrogen (secondary N) is 1. The van der Waals surface area contributed by atoms with Crippen LogP contribution in [0.3, 0.4) is 0 Å². The zero-order valence-corrected chi connectivity index (χ0v) is 10.1. The zero-order valence-electron chi connectivity index (χ0n) is 10.1. The molecular formula is C13H18N2O2. The molecule has 4 nitrogen and oxygen atoms in total. The Labute approximate surface area is 102 Å². The van der Waals surface area contributed by atoms with Crippen LogP contribution in [0.4, 0.5) is 5.69 Å². The van der Waals surface area contributed by atoms with Gasteiger partial charge in [0.2, 0.25) is 0 Å². The molecule has 1 fully saturated rings. The molecule has 0 aliphatic carbocycles. The number of anilines is 1. The third-order valence-corrected chi connectivity index (χ3v) is 3.54. The second kappa shape index (κ2) is 4.45. The lowest BCUT2D eigenvalue weighted by atomic mass is 10.1. The third-order valence-electron chi connectivity index (χ3n) is 3.54. The van der Waals surface area contributed by atoms with Crippen LogP contribution in [0.2, 0.25) is 0 Å². The summed E-state index contributed by atoms with van der Waals surface area (Å²) in [5.74, 6) is 1.81. The topological polar surface area (TPSA) is 33.7 Å². The molecule has 0 spiro atoms. The van der Waals surface area contributed by atoms with Crippen molar-refractivity contribution in [3.05, 3.63) is 18.2 Å². The summed E-state index contributed by atoms with van der Waals surface area (Å²) in [7, 11) is 1.69. The minimum atomic E-state index is 0.554. The van der Waals surface area contributed by atoms with Crippen LogP contribution in [-0.2, 0) is 0 Å². The Hall–Kier alpha value is -1.42. The lowest BCUT2D eigenvalue weighted by molar-refractivity contribution is 0.302. The minimum absolute atomic E-state index is 0.554. The number of benzene rings is 1. The number of rotatable bonds is 1. The van der Waals surface area contributed by atoms with E-state index in [1.165, 1.54) is 5.69 Å². The SMILES string of the molecule is COc1ccc2c(c1)OCC[C@H]1CNCCN21. The first-order valence-corrected chi connectivity index (χ1v) is 6.16. The number of hydrogen-bond donors (Lipinski definition) is 1. The van der Waals surface area contributed by atoms with Crippen molar-refractivity contribution in [1.29, 1.82) is 0 Å². The summed E-state index contributed by atoms with van der Waals surface area (Å²) >= 11 is 0. The van der Waals surface area contributed by atoms with Gasteiger partial charge in [0.15, 0.2) is 0 Å². The van der Waals surface area contributed by atoms with Crippen LogP contribution in [0, 0.1) is 0 Å². The van der Waals surface area contributed by atoms with Gasteiger partial charge in [0.1, 0.15) is 11.5 Å². The molecular weight excluding hydrogens is 216 g/mol. The summed E-state index contributed by atoms with van der Waals surface area (Å²) in [4.78, 5) is 2.46. The van der Waals surface area contributed by atoms with E-state index in [4.69, 9.17) is 9.47 Å². The molecule has 0 bridgehead atoms. The van der Waals surface area contributed by atoms with Crippen molar-refractivity contribution in [3.63, 3.8) is 0 Å². The smallest absolute Gasteiger partial charge is 0.146 e. The van der Waals surface area contributed by atoms with Crippen LogP contribution in [0.1, 0.15) is 6.42 Å². The summed E-state index contributed by atoms with van der Waals surface area (Å²) in [5.41, 5.74) is 1.20. The first-order chi connectivity index (χ1) is 8.38. The lowest BCUT2D eigenvalue weighted by Crippen LogP contribution is -2.51. The summed E-state index contributed by atoms with van der Waals surface area (Å²) in [6.07, 6.45) is 1.07. The largest absolute Gasteiger partial charge is 0.497 e. The number of hydrogen-bond acceptors (Lipinski definition) is 4. The maximum Gasteiger partial charge on any atom is 0.146 e. The van der Waals surface area contributed by atoms with Crippen LogP contribution >= 0.6 is 0 Å². The standard InChI is InChI=1S/C13H18N2O2/c1-16-11-2-3-12-13(8-11)17-7-4-10-9-14-5-6-15(10)12/h2-3,8,10,14H,4-7,9H2,1H3/t10-/m0/s1. The summed E-state index contributed by atoms with van der Waals surface area (Å²) in [6, 6.07) is 6.66. The monoisotopic (exact) mass is 234 g/mol. The molecule has 17 heavy (non-hydrogen) atoms. The normalized spacial score (nSPS) is 23.1. The van der Waals surface area contributed by atoms with Crippen molar-refractivity contribution in [2.24, 2.45) is 0 Å². The van der Waals surface area contributed by atoms with E-state index in [-0.39, 0.29) is 0 Å². The second-order valence-corrected chi connectivity index (χ2v) is 4.52. The lowest BCUT2D eigenvalue weighted by Gasteiger charge is -2.36. The van der Waals surface area contributed by atoms with E-state index in [2.05, 4.69) is 16.3 Å². The average molecular weight is 234 g/mol. The van der Waals surface area contributed by atoms with Crippen molar-refractivity contribution in [2.45, 2.75) is 12.5 Å². The van der Waals surface area contributed by atoms with Gasteiger partial charge in [-0.1, -0.05) is 0 Å². The number of fused-ring (bicyclic) bond motifs is 3. The molecule has 0 saturated carbocycles. The van der Waals surface area contributed by atoms with Gasteiger partial charge in [0.05, 0.1) is 19.4 Å². The van der Waals surface area contributed by atoms with E-state index in [9.17, 15) is 0 Å². The fraction of sp³-hybridized carbons (Fsp3) is 0.538. The van der Waals surface area contributed by atoms with Crippen molar-refractivity contribution >= 4 is 5.69 Å². The van der Waals surface area contributed by atoms with E-state index >= 15 is 0 Å². The Balaban J connectivity index is 1.97. The average Bonchev–Trinajstić information content (AvgIpc) is 2.57. The molecule has 1 saturated heterocycles. The molecule has 1 N–H and O–H groups in total. The second-order valence-electron chi connectivity index (χ2n) is 4.52. The molecule has 2 heterocycles. The van der Waals surface area contributed by atoms with E-state index < -0.39 is 0 Å². The van der Waals surface area contributed by atoms with Gasteiger partial charge in [-0.15, -0.1) is 0 Å². The van der Waals surface area contributed by atoms with Gasteiger partial charge >= 0.3 is 0 Å². The minimum Gasteiger partial charge on any atom is -0.497 e. The highest BCUT2D eigenvalue weighted by atomic mass is 16.5. The van der Waals surface area contributed by atoms with E-state index in [1.54, 1.807) is 7.11 Å². The Morgan fingerprint density at radius 3 is 3.29 bits per heavy atom. The van der Waals surface area contributed by atoms with Crippen LogP contribution in [0.15, 0.2) is 18.2 Å². The van der Waals surface area contributed by atoms with E-state index in [1.807, 2.05) is 12.1 Å². The molecule has 4 heteroatoms. The molecule has 0 aromatic heterocycles. The molecule has 0 amide bonds. The third kappa shape index (κ3) is 1.93. The molecule has 1 atom stereocenters. The van der Waals surface area contributed by atoms with Gasteiger partial charge in [-0.25, -0.2) is 0 Å². The Morgan fingerprint density at radius 1 is 1.47 bits per heavy atom. The van der Waals surface area contributed by atoms with Gasteiger partial charge in [-0.2, -0.15) is 0 Å². The maximum absolute atomic E-state index is 5.83. The number of methoxy groups -OCH3 is 1. The highest BCUT2D eigenvalue weighted by Gasteiger charge is 2.27. The molecule has 3 rings (SSSR count). The molecule has 0 unspecified atom stereocenters. The maximum atomic E-state index is 5.83. The van der Waals surface area contributed by atoms with Crippen molar-refractivity contribution in [2.75, 3.05) is 38.3 Å². The summed E-state index contributed by atoms with van der Waals surface area (Å²) in [6.45, 7) is 3.92. The molecule has 0 radical (unpaired) electrons. The Kier molecular flexibility index (Phi) is 2.81. The first-order valence-electron chi connectivity index (χ1n) is 6.16. The molecule has 2 aliphatic heterocycles. The van der Waals surface area contributed by atoms with Gasteiger partial charge in [0, 0.05) is 38.2 Å². The zero-order chi connectivity index (χ0) is 11.7. The summed E-state index contributed by atoms with van der Waals surface area (Å²) in [5, 5.41) is 3.44. The fourth-order valence-electron chi connectivity index (χ4n) is 2.62. The Morgan fingerprint density at radius 2 is 2.41 bits per heavy atom. The predicted octanol–water partition coefficient (Wildman–Crippen LogP) is 1.26. The molecule has 1 aromatic rings. The van der Waals surface area contributed by atoms with Gasteiger partial charge in [-0.3, -0.25) is 0 Å². The van der Waals surface area contributed by atoms with Crippen molar-refractivity contribution in [3.8, 4) is 11.5 Å². The van der Waals surface area contributed by atoms with Crippen LogP contribution in [-0.4, -0.2) is 39.4 Å². The number of nitrogens with zero attached hydrogens (tertiary/aromatic N) is 1. The van der Waals surface area contributed by atoms with Gasteiger partial charge < -0.3 is 19.7 Å². The van der Waals surface area contributed by atoms with Crippen molar-refractivity contribution < 1.29 is 9.47 Å².